The molecule has 0 spiro atoms. The number of halogens is 1. The number of carbonyl (C=O) groups excluding carboxylic acids is 3. The van der Waals surface area contributed by atoms with Crippen LogP contribution in [-0.2, 0) is 11.2 Å². The van der Waals surface area contributed by atoms with E-state index in [1.165, 1.54) is 0 Å². The lowest BCUT2D eigenvalue weighted by Crippen LogP contribution is -2.37. The molecular weight excluding hydrogens is 576 g/mol. The standard InChI is InChI=1S/C34H37ClN6O3/c35-31-30(24-13-15-25(16-14-24)32(37)43)40-33(41-31)28(39-34(44)26-11-9-21(19-36)10-12-26)18-22-5-4-8-27(17-22)38-20-29(42)23-6-2-1-3-7-23/h1-8,13-17,21,26,28,38H,9-12,18-20,36H2,(H2,37,43)(H,39,44)(H,40,41). The molecular formula is C34H37ClN6O3. The molecule has 3 aromatic carbocycles. The molecule has 1 aliphatic rings. The topological polar surface area (TPSA) is 156 Å². The van der Waals surface area contributed by atoms with Gasteiger partial charge in [-0.2, -0.15) is 0 Å². The van der Waals surface area contributed by atoms with E-state index in [-0.39, 0.29) is 24.2 Å². The fraction of sp³-hybridized carbons (Fsp3) is 0.294. The highest BCUT2D eigenvalue weighted by Gasteiger charge is 2.29. The molecule has 7 N–H and O–H groups in total. The second-order valence-corrected chi connectivity index (χ2v) is 11.7. The van der Waals surface area contributed by atoms with E-state index in [0.29, 0.717) is 52.2 Å². The zero-order valence-electron chi connectivity index (χ0n) is 24.4. The summed E-state index contributed by atoms with van der Waals surface area (Å²) in [5, 5.41) is 6.78. The van der Waals surface area contributed by atoms with Gasteiger partial charge in [-0.1, -0.05) is 66.2 Å². The molecule has 10 heteroatoms. The van der Waals surface area contributed by atoms with Crippen LogP contribution >= 0.6 is 11.6 Å². The molecule has 0 aliphatic heterocycles. The lowest BCUT2D eigenvalue weighted by atomic mass is 9.81. The van der Waals surface area contributed by atoms with Crippen LogP contribution in [0.2, 0.25) is 5.15 Å². The van der Waals surface area contributed by atoms with Crippen molar-refractivity contribution in [2.24, 2.45) is 23.3 Å². The first-order valence-corrected chi connectivity index (χ1v) is 15.3. The Kier molecular flexibility index (Phi) is 10.1. The number of anilines is 1. The Morgan fingerprint density at radius 2 is 1.66 bits per heavy atom. The number of Topliss-reactive ketones (excluding diaryl/α,β-unsaturated/α-hetero) is 1. The number of nitrogens with zero attached hydrogens (tertiary/aromatic N) is 1. The van der Waals surface area contributed by atoms with Crippen molar-refractivity contribution in [3.8, 4) is 11.3 Å². The molecule has 1 heterocycles. The number of rotatable bonds is 12. The summed E-state index contributed by atoms with van der Waals surface area (Å²) in [5.41, 5.74) is 15.2. The number of amides is 2. The second kappa shape index (κ2) is 14.3. The number of hydrogen-bond donors (Lipinski definition) is 5. The maximum atomic E-state index is 13.5. The Morgan fingerprint density at radius 3 is 2.34 bits per heavy atom. The molecule has 1 saturated carbocycles. The molecule has 0 bridgehead atoms. The monoisotopic (exact) mass is 612 g/mol. The van der Waals surface area contributed by atoms with Crippen LogP contribution in [0, 0.1) is 11.8 Å². The lowest BCUT2D eigenvalue weighted by molar-refractivity contribution is -0.127. The van der Waals surface area contributed by atoms with Crippen molar-refractivity contribution in [3.05, 3.63) is 107 Å². The summed E-state index contributed by atoms with van der Waals surface area (Å²) in [6.07, 6.45) is 3.91. The number of carbonyl (C=O) groups is 3. The average molecular weight is 613 g/mol. The molecule has 0 radical (unpaired) electrons. The van der Waals surface area contributed by atoms with Crippen LogP contribution in [0.15, 0.2) is 78.9 Å². The quantitative estimate of drug-likeness (QED) is 0.137. The fourth-order valence-corrected chi connectivity index (χ4v) is 5.88. The van der Waals surface area contributed by atoms with Gasteiger partial charge < -0.3 is 27.1 Å². The molecule has 228 valence electrons. The Labute approximate surface area is 261 Å². The van der Waals surface area contributed by atoms with E-state index in [1.807, 2.05) is 42.5 Å². The molecule has 1 aliphatic carbocycles. The number of nitrogens with two attached hydrogens (primary N) is 2. The highest BCUT2D eigenvalue weighted by molar-refractivity contribution is 6.31. The minimum Gasteiger partial charge on any atom is -0.378 e. The molecule has 2 amide bonds. The van der Waals surface area contributed by atoms with Gasteiger partial charge in [-0.25, -0.2) is 4.98 Å². The third kappa shape index (κ3) is 7.72. The van der Waals surface area contributed by atoms with E-state index in [2.05, 4.69) is 15.6 Å². The summed E-state index contributed by atoms with van der Waals surface area (Å²) in [4.78, 5) is 45.6. The van der Waals surface area contributed by atoms with Crippen LogP contribution in [0.25, 0.3) is 11.3 Å². The van der Waals surface area contributed by atoms with Gasteiger partial charge in [-0.15, -0.1) is 0 Å². The summed E-state index contributed by atoms with van der Waals surface area (Å²) < 4.78 is 0. The van der Waals surface area contributed by atoms with Crippen molar-refractivity contribution in [2.75, 3.05) is 18.4 Å². The van der Waals surface area contributed by atoms with Crippen molar-refractivity contribution in [1.29, 1.82) is 0 Å². The minimum atomic E-state index is -0.519. The molecule has 9 nitrogen and oxygen atoms in total. The van der Waals surface area contributed by atoms with Crippen molar-refractivity contribution in [2.45, 2.75) is 38.1 Å². The Bertz CT molecular complexity index is 1600. The predicted octanol–water partition coefficient (Wildman–Crippen LogP) is 5.29. The van der Waals surface area contributed by atoms with Gasteiger partial charge in [0.1, 0.15) is 16.7 Å². The Morgan fingerprint density at radius 1 is 0.932 bits per heavy atom. The van der Waals surface area contributed by atoms with Crippen molar-refractivity contribution >= 4 is 34.9 Å². The number of nitrogens with one attached hydrogen (secondary N) is 3. The number of benzene rings is 3. The average Bonchev–Trinajstić information content (AvgIpc) is 3.45. The van der Waals surface area contributed by atoms with Crippen molar-refractivity contribution in [3.63, 3.8) is 0 Å². The Balaban J connectivity index is 1.36. The largest absolute Gasteiger partial charge is 0.378 e. The van der Waals surface area contributed by atoms with Crippen molar-refractivity contribution < 1.29 is 14.4 Å². The number of ketones is 1. The SMILES string of the molecule is NCC1CCC(C(=O)NC(Cc2cccc(NCC(=O)c3ccccc3)c2)c2nc(-c3ccc(C(N)=O)cc3)c(Cl)[nH]2)CC1. The van der Waals surface area contributed by atoms with Crippen LogP contribution in [0.4, 0.5) is 5.69 Å². The van der Waals surface area contributed by atoms with Crippen LogP contribution in [0.3, 0.4) is 0 Å². The van der Waals surface area contributed by atoms with Gasteiger partial charge in [0.05, 0.1) is 12.6 Å². The zero-order chi connectivity index (χ0) is 31.1. The third-order valence-electron chi connectivity index (χ3n) is 8.23. The number of imidazole rings is 1. The van der Waals surface area contributed by atoms with Gasteiger partial charge in [-0.05, 0) is 74.4 Å². The van der Waals surface area contributed by atoms with Crippen LogP contribution in [0.1, 0.15) is 63.8 Å². The highest BCUT2D eigenvalue weighted by atomic mass is 35.5. The van der Waals surface area contributed by atoms with Crippen molar-refractivity contribution in [1.82, 2.24) is 15.3 Å². The highest BCUT2D eigenvalue weighted by Crippen LogP contribution is 2.31. The van der Waals surface area contributed by atoms with Gasteiger partial charge in [-0.3, -0.25) is 14.4 Å². The smallest absolute Gasteiger partial charge is 0.248 e. The molecule has 1 aromatic heterocycles. The molecule has 4 aromatic rings. The third-order valence-corrected chi connectivity index (χ3v) is 8.51. The maximum absolute atomic E-state index is 13.5. The fourth-order valence-electron chi connectivity index (χ4n) is 5.64. The first-order valence-electron chi connectivity index (χ1n) is 14.9. The zero-order valence-corrected chi connectivity index (χ0v) is 25.1. The van der Waals surface area contributed by atoms with Gasteiger partial charge in [0, 0.05) is 28.3 Å². The van der Waals surface area contributed by atoms with E-state index < -0.39 is 11.9 Å². The first-order chi connectivity index (χ1) is 21.3. The van der Waals surface area contributed by atoms with E-state index in [9.17, 15) is 14.4 Å². The molecule has 1 atom stereocenters. The second-order valence-electron chi connectivity index (χ2n) is 11.3. The Hall–Kier alpha value is -4.47. The number of hydrogen-bond acceptors (Lipinski definition) is 6. The van der Waals surface area contributed by atoms with Crippen LogP contribution < -0.4 is 22.1 Å². The first kappa shape index (κ1) is 31.0. The lowest BCUT2D eigenvalue weighted by Gasteiger charge is -2.28. The van der Waals surface area contributed by atoms with Gasteiger partial charge in [0.25, 0.3) is 0 Å². The van der Waals surface area contributed by atoms with E-state index in [1.54, 1.807) is 36.4 Å². The predicted molar refractivity (Wildman–Crippen MR) is 172 cm³/mol. The molecule has 0 saturated heterocycles. The van der Waals surface area contributed by atoms with E-state index >= 15 is 0 Å². The van der Waals surface area contributed by atoms with Crippen LogP contribution in [-0.4, -0.2) is 40.7 Å². The van der Waals surface area contributed by atoms with Gasteiger partial charge in [0.2, 0.25) is 11.8 Å². The number of aromatic nitrogens is 2. The molecule has 1 fully saturated rings. The summed E-state index contributed by atoms with van der Waals surface area (Å²) >= 11 is 6.62. The summed E-state index contributed by atoms with van der Waals surface area (Å²) in [5.74, 6) is 0.343. The normalized spacial score (nSPS) is 17.0. The number of primary amides is 1. The molecule has 44 heavy (non-hydrogen) atoms. The molecule has 1 unspecified atom stereocenters. The minimum absolute atomic E-state index is 0.00730. The van der Waals surface area contributed by atoms with E-state index in [0.717, 1.165) is 36.9 Å². The molecule has 5 rings (SSSR count). The number of aromatic amines is 1. The van der Waals surface area contributed by atoms with Gasteiger partial charge in [0.15, 0.2) is 5.78 Å². The maximum Gasteiger partial charge on any atom is 0.248 e. The van der Waals surface area contributed by atoms with Crippen LogP contribution in [0.5, 0.6) is 0 Å². The number of H-pyrrole nitrogens is 1. The summed E-state index contributed by atoms with van der Waals surface area (Å²) in [6.45, 7) is 0.803. The van der Waals surface area contributed by atoms with E-state index in [4.69, 9.17) is 28.1 Å². The summed E-state index contributed by atoms with van der Waals surface area (Å²) in [6, 6.07) is 23.2. The summed E-state index contributed by atoms with van der Waals surface area (Å²) in [7, 11) is 0. The van der Waals surface area contributed by atoms with Gasteiger partial charge >= 0.3 is 0 Å².